The van der Waals surface area contributed by atoms with E-state index in [0.717, 1.165) is 19.6 Å². The number of hydrogen-bond acceptors (Lipinski definition) is 1. The van der Waals surface area contributed by atoms with Gasteiger partial charge in [-0.15, -0.1) is 11.6 Å². The molecule has 0 amide bonds. The van der Waals surface area contributed by atoms with E-state index in [-0.39, 0.29) is 0 Å². The minimum atomic E-state index is 0.717. The van der Waals surface area contributed by atoms with Gasteiger partial charge in [0.25, 0.3) is 0 Å². The molecule has 0 radical (unpaired) electrons. The smallest absolute Gasteiger partial charge is 0.0351 e. The molecule has 0 aromatic heterocycles. The lowest BCUT2D eigenvalue weighted by Crippen LogP contribution is -2.26. The predicted molar refractivity (Wildman–Crippen MR) is 76.8 cm³/mol. The van der Waals surface area contributed by atoms with Gasteiger partial charge in [0.05, 0.1) is 0 Å². The molecular weight excluding hydrogens is 230 g/mol. The Morgan fingerprint density at radius 3 is 2.59 bits per heavy atom. The topological polar surface area (TPSA) is 3.24 Å². The number of nitrogens with zero attached hydrogens (tertiary/aromatic N) is 1. The van der Waals surface area contributed by atoms with E-state index in [4.69, 9.17) is 11.6 Å². The molecule has 1 aromatic rings. The number of hydrogen-bond donors (Lipinski definition) is 0. The standard InChI is InChI=1S/C15H24ClN/c1-4-5-9-17(10-8-16)12-15-11-13(2)6-7-14(15)3/h6-7,11H,4-5,8-10,12H2,1-3H3. The summed E-state index contributed by atoms with van der Waals surface area (Å²) in [7, 11) is 0. The van der Waals surface area contributed by atoms with Crippen molar-refractivity contribution in [3.63, 3.8) is 0 Å². The number of benzene rings is 1. The Balaban J connectivity index is 2.67. The van der Waals surface area contributed by atoms with E-state index >= 15 is 0 Å². The van der Waals surface area contributed by atoms with E-state index in [1.165, 1.54) is 29.5 Å². The predicted octanol–water partition coefficient (Wildman–Crippen LogP) is 4.14. The number of halogens is 1. The van der Waals surface area contributed by atoms with Crippen LogP contribution in [0.2, 0.25) is 0 Å². The Morgan fingerprint density at radius 2 is 1.94 bits per heavy atom. The zero-order chi connectivity index (χ0) is 12.7. The van der Waals surface area contributed by atoms with Gasteiger partial charge in [0.2, 0.25) is 0 Å². The monoisotopic (exact) mass is 253 g/mol. The molecule has 1 aromatic carbocycles. The molecule has 0 bridgehead atoms. The lowest BCUT2D eigenvalue weighted by atomic mass is 10.1. The zero-order valence-corrected chi connectivity index (χ0v) is 12.1. The van der Waals surface area contributed by atoms with Gasteiger partial charge in [-0.05, 0) is 37.9 Å². The zero-order valence-electron chi connectivity index (χ0n) is 11.3. The summed E-state index contributed by atoms with van der Waals surface area (Å²) in [4.78, 5) is 2.46. The second-order valence-corrected chi connectivity index (χ2v) is 5.13. The van der Waals surface area contributed by atoms with Crippen LogP contribution in [0, 0.1) is 13.8 Å². The van der Waals surface area contributed by atoms with Gasteiger partial charge in [-0.2, -0.15) is 0 Å². The summed E-state index contributed by atoms with van der Waals surface area (Å²) >= 11 is 5.87. The first-order chi connectivity index (χ1) is 8.17. The Labute approximate surface area is 111 Å². The molecule has 0 unspecified atom stereocenters. The SMILES string of the molecule is CCCCN(CCCl)Cc1cc(C)ccc1C. The molecule has 0 spiro atoms. The van der Waals surface area contributed by atoms with E-state index in [1.807, 2.05) is 0 Å². The van der Waals surface area contributed by atoms with E-state index < -0.39 is 0 Å². The second-order valence-electron chi connectivity index (χ2n) is 4.75. The first kappa shape index (κ1) is 14.5. The lowest BCUT2D eigenvalue weighted by Gasteiger charge is -2.22. The molecule has 17 heavy (non-hydrogen) atoms. The van der Waals surface area contributed by atoms with Crippen molar-refractivity contribution in [1.29, 1.82) is 0 Å². The van der Waals surface area contributed by atoms with Gasteiger partial charge in [-0.25, -0.2) is 0 Å². The molecule has 0 aliphatic carbocycles. The summed E-state index contributed by atoms with van der Waals surface area (Å²) < 4.78 is 0. The first-order valence-corrected chi connectivity index (χ1v) is 7.05. The Kier molecular flexibility index (Phi) is 6.61. The maximum Gasteiger partial charge on any atom is 0.0351 e. The van der Waals surface area contributed by atoms with Crippen molar-refractivity contribution < 1.29 is 0 Å². The van der Waals surface area contributed by atoms with Crippen molar-refractivity contribution in [1.82, 2.24) is 4.90 Å². The highest BCUT2D eigenvalue weighted by molar-refractivity contribution is 6.18. The fourth-order valence-electron chi connectivity index (χ4n) is 1.98. The molecule has 0 aliphatic rings. The summed E-state index contributed by atoms with van der Waals surface area (Å²) in [6.07, 6.45) is 2.49. The number of alkyl halides is 1. The molecule has 2 heteroatoms. The van der Waals surface area contributed by atoms with Crippen LogP contribution in [0.15, 0.2) is 18.2 Å². The summed E-state index contributed by atoms with van der Waals surface area (Å²) in [6, 6.07) is 6.68. The third-order valence-electron chi connectivity index (χ3n) is 3.13. The maximum atomic E-state index is 5.87. The minimum Gasteiger partial charge on any atom is -0.298 e. The van der Waals surface area contributed by atoms with Crippen LogP contribution in [0.5, 0.6) is 0 Å². The Bertz CT molecular complexity index is 336. The summed E-state index contributed by atoms with van der Waals surface area (Å²) in [5.41, 5.74) is 4.16. The van der Waals surface area contributed by atoms with Crippen molar-refractivity contribution in [2.24, 2.45) is 0 Å². The molecule has 0 N–H and O–H groups in total. The van der Waals surface area contributed by atoms with Gasteiger partial charge in [0.15, 0.2) is 0 Å². The van der Waals surface area contributed by atoms with Gasteiger partial charge >= 0.3 is 0 Å². The van der Waals surface area contributed by atoms with Gasteiger partial charge < -0.3 is 0 Å². The van der Waals surface area contributed by atoms with Crippen LogP contribution in [0.3, 0.4) is 0 Å². The van der Waals surface area contributed by atoms with E-state index in [9.17, 15) is 0 Å². The summed E-state index contributed by atoms with van der Waals surface area (Å²) in [5.74, 6) is 0.717. The molecule has 0 atom stereocenters. The second kappa shape index (κ2) is 7.73. The molecule has 1 rings (SSSR count). The molecule has 0 fully saturated rings. The van der Waals surface area contributed by atoms with Gasteiger partial charge in [0.1, 0.15) is 0 Å². The minimum absolute atomic E-state index is 0.717. The fraction of sp³-hybridized carbons (Fsp3) is 0.600. The molecular formula is C15H24ClN. The van der Waals surface area contributed by atoms with E-state index in [1.54, 1.807) is 0 Å². The van der Waals surface area contributed by atoms with Crippen molar-refractivity contribution in [2.75, 3.05) is 19.0 Å². The number of unbranched alkanes of at least 4 members (excludes halogenated alkanes) is 1. The molecule has 1 nitrogen and oxygen atoms in total. The number of rotatable bonds is 7. The summed E-state index contributed by atoms with van der Waals surface area (Å²) in [5, 5.41) is 0. The van der Waals surface area contributed by atoms with Gasteiger partial charge in [0, 0.05) is 19.0 Å². The van der Waals surface area contributed by atoms with Crippen LogP contribution in [0.25, 0.3) is 0 Å². The molecule has 0 heterocycles. The molecule has 0 saturated carbocycles. The lowest BCUT2D eigenvalue weighted by molar-refractivity contribution is 0.276. The first-order valence-electron chi connectivity index (χ1n) is 6.51. The largest absolute Gasteiger partial charge is 0.298 e. The van der Waals surface area contributed by atoms with Crippen LogP contribution in [0.4, 0.5) is 0 Å². The summed E-state index contributed by atoms with van der Waals surface area (Å²) in [6.45, 7) is 9.73. The Morgan fingerprint density at radius 1 is 1.18 bits per heavy atom. The van der Waals surface area contributed by atoms with Gasteiger partial charge in [-0.1, -0.05) is 37.1 Å². The van der Waals surface area contributed by atoms with Crippen LogP contribution < -0.4 is 0 Å². The van der Waals surface area contributed by atoms with Crippen molar-refractivity contribution >= 4 is 11.6 Å². The van der Waals surface area contributed by atoms with Crippen molar-refractivity contribution in [2.45, 2.75) is 40.2 Å². The Hall–Kier alpha value is -0.530. The highest BCUT2D eigenvalue weighted by Gasteiger charge is 2.07. The molecule has 0 saturated heterocycles. The normalized spacial score (nSPS) is 11.1. The number of aryl methyl sites for hydroxylation is 2. The third-order valence-corrected chi connectivity index (χ3v) is 3.30. The maximum absolute atomic E-state index is 5.87. The third kappa shape index (κ3) is 5.10. The highest BCUT2D eigenvalue weighted by atomic mass is 35.5. The van der Waals surface area contributed by atoms with E-state index in [0.29, 0.717) is 5.88 Å². The highest BCUT2D eigenvalue weighted by Crippen LogP contribution is 2.13. The average Bonchev–Trinajstić information content (AvgIpc) is 2.31. The van der Waals surface area contributed by atoms with Crippen LogP contribution >= 0.6 is 11.6 Å². The quantitative estimate of drug-likeness (QED) is 0.660. The van der Waals surface area contributed by atoms with Crippen LogP contribution in [0.1, 0.15) is 36.5 Å². The molecule has 0 aliphatic heterocycles. The van der Waals surface area contributed by atoms with Crippen molar-refractivity contribution in [3.05, 3.63) is 34.9 Å². The average molecular weight is 254 g/mol. The molecule has 96 valence electrons. The van der Waals surface area contributed by atoms with Crippen molar-refractivity contribution in [3.8, 4) is 0 Å². The fourth-order valence-corrected chi connectivity index (χ4v) is 2.22. The van der Waals surface area contributed by atoms with Crippen LogP contribution in [-0.4, -0.2) is 23.9 Å². The van der Waals surface area contributed by atoms with Crippen LogP contribution in [-0.2, 0) is 6.54 Å². The van der Waals surface area contributed by atoms with Gasteiger partial charge in [-0.3, -0.25) is 4.90 Å². The van der Waals surface area contributed by atoms with E-state index in [2.05, 4.69) is 43.9 Å².